The molecule has 2 aromatic rings. The summed E-state index contributed by atoms with van der Waals surface area (Å²) in [4.78, 5) is 22.9. The van der Waals surface area contributed by atoms with Gasteiger partial charge in [0.1, 0.15) is 6.61 Å². The minimum atomic E-state index is -0.914. The number of nitrogens with one attached hydrogen (secondary N) is 1. The first-order valence-corrected chi connectivity index (χ1v) is 7.94. The minimum Gasteiger partial charge on any atom is -0.478 e. The smallest absolute Gasteiger partial charge is 0.407 e. The Labute approximate surface area is 140 Å². The SMILES string of the molecule is O=C(NC1CCc2cc(C(=O)O)ccc2C1)OCc1ccccc1. The van der Waals surface area contributed by atoms with Gasteiger partial charge in [-0.2, -0.15) is 0 Å². The topological polar surface area (TPSA) is 75.6 Å². The molecule has 5 heteroatoms. The summed E-state index contributed by atoms with van der Waals surface area (Å²) in [6.07, 6.45) is 1.79. The maximum atomic E-state index is 11.9. The minimum absolute atomic E-state index is 0.0106. The molecule has 1 aliphatic carbocycles. The number of ether oxygens (including phenoxy) is 1. The van der Waals surface area contributed by atoms with E-state index < -0.39 is 12.1 Å². The Morgan fingerprint density at radius 1 is 1.12 bits per heavy atom. The fraction of sp³-hybridized carbons (Fsp3) is 0.263. The Bertz CT molecular complexity index is 742. The third kappa shape index (κ3) is 3.93. The third-order valence-electron chi connectivity index (χ3n) is 4.22. The lowest BCUT2D eigenvalue weighted by Gasteiger charge is -2.25. The van der Waals surface area contributed by atoms with E-state index in [0.29, 0.717) is 12.0 Å². The number of aryl methyl sites for hydroxylation is 1. The lowest BCUT2D eigenvalue weighted by molar-refractivity contribution is 0.0696. The first-order valence-electron chi connectivity index (χ1n) is 7.94. The molecule has 0 bridgehead atoms. The lowest BCUT2D eigenvalue weighted by Crippen LogP contribution is -2.39. The molecule has 1 unspecified atom stereocenters. The van der Waals surface area contributed by atoms with E-state index in [2.05, 4.69) is 5.32 Å². The van der Waals surface area contributed by atoms with E-state index in [9.17, 15) is 9.59 Å². The Morgan fingerprint density at radius 2 is 1.92 bits per heavy atom. The van der Waals surface area contributed by atoms with Crippen molar-refractivity contribution in [2.24, 2.45) is 0 Å². The summed E-state index contributed by atoms with van der Waals surface area (Å²) in [6, 6.07) is 14.7. The van der Waals surface area contributed by atoms with Gasteiger partial charge in [-0.3, -0.25) is 0 Å². The summed E-state index contributed by atoms with van der Waals surface area (Å²) in [7, 11) is 0. The summed E-state index contributed by atoms with van der Waals surface area (Å²) in [5.74, 6) is -0.914. The van der Waals surface area contributed by atoms with Crippen LogP contribution in [0.3, 0.4) is 0 Å². The van der Waals surface area contributed by atoms with Gasteiger partial charge in [-0.1, -0.05) is 36.4 Å². The second kappa shape index (κ2) is 7.17. The molecule has 1 aliphatic rings. The molecule has 0 aromatic heterocycles. The maximum absolute atomic E-state index is 11.9. The monoisotopic (exact) mass is 325 g/mol. The predicted octanol–water partition coefficient (Wildman–Crippen LogP) is 3.17. The molecule has 0 aliphatic heterocycles. The zero-order valence-corrected chi connectivity index (χ0v) is 13.2. The highest BCUT2D eigenvalue weighted by Gasteiger charge is 2.21. The number of benzene rings is 2. The number of carboxylic acid groups (broad SMARTS) is 1. The van der Waals surface area contributed by atoms with Crippen LogP contribution in [0.15, 0.2) is 48.5 Å². The molecule has 0 spiro atoms. The number of amides is 1. The molecule has 1 amide bonds. The second-order valence-corrected chi connectivity index (χ2v) is 5.93. The Balaban J connectivity index is 1.54. The number of alkyl carbamates (subject to hydrolysis) is 1. The summed E-state index contributed by atoms with van der Waals surface area (Å²) >= 11 is 0. The van der Waals surface area contributed by atoms with Crippen LogP contribution in [0.25, 0.3) is 0 Å². The fourth-order valence-electron chi connectivity index (χ4n) is 2.94. The third-order valence-corrected chi connectivity index (χ3v) is 4.22. The highest BCUT2D eigenvalue weighted by molar-refractivity contribution is 5.88. The van der Waals surface area contributed by atoms with Gasteiger partial charge in [-0.15, -0.1) is 0 Å². The number of rotatable bonds is 4. The van der Waals surface area contributed by atoms with Crippen LogP contribution in [0.2, 0.25) is 0 Å². The molecule has 2 aromatic carbocycles. The zero-order chi connectivity index (χ0) is 16.9. The van der Waals surface area contributed by atoms with E-state index in [4.69, 9.17) is 9.84 Å². The van der Waals surface area contributed by atoms with Crippen LogP contribution in [0.5, 0.6) is 0 Å². The number of hydrogen-bond donors (Lipinski definition) is 2. The normalized spacial score (nSPS) is 16.1. The van der Waals surface area contributed by atoms with Crippen LogP contribution in [0.1, 0.15) is 33.5 Å². The average molecular weight is 325 g/mol. The van der Waals surface area contributed by atoms with Crippen molar-refractivity contribution in [3.05, 3.63) is 70.8 Å². The van der Waals surface area contributed by atoms with E-state index in [1.165, 1.54) is 0 Å². The fourth-order valence-corrected chi connectivity index (χ4v) is 2.94. The van der Waals surface area contributed by atoms with E-state index in [-0.39, 0.29) is 12.6 Å². The molecular formula is C19H19NO4. The average Bonchev–Trinajstić information content (AvgIpc) is 2.60. The van der Waals surface area contributed by atoms with Crippen molar-refractivity contribution in [2.45, 2.75) is 31.9 Å². The van der Waals surface area contributed by atoms with Crippen molar-refractivity contribution >= 4 is 12.1 Å². The Hall–Kier alpha value is -2.82. The maximum Gasteiger partial charge on any atom is 0.407 e. The quantitative estimate of drug-likeness (QED) is 0.905. The van der Waals surface area contributed by atoms with Crippen molar-refractivity contribution in [3.63, 3.8) is 0 Å². The van der Waals surface area contributed by atoms with Crippen molar-refractivity contribution < 1.29 is 19.4 Å². The molecule has 24 heavy (non-hydrogen) atoms. The largest absolute Gasteiger partial charge is 0.478 e. The summed E-state index contributed by atoms with van der Waals surface area (Å²) < 4.78 is 5.24. The lowest BCUT2D eigenvalue weighted by atomic mass is 9.87. The number of carbonyl (C=O) groups excluding carboxylic acids is 1. The van der Waals surface area contributed by atoms with Gasteiger partial charge in [0.15, 0.2) is 0 Å². The predicted molar refractivity (Wildman–Crippen MR) is 89.0 cm³/mol. The van der Waals surface area contributed by atoms with Crippen LogP contribution in [-0.4, -0.2) is 23.2 Å². The molecule has 2 N–H and O–H groups in total. The number of carboxylic acids is 1. The van der Waals surface area contributed by atoms with Gasteiger partial charge in [0, 0.05) is 6.04 Å². The van der Waals surface area contributed by atoms with E-state index in [0.717, 1.165) is 29.5 Å². The zero-order valence-electron chi connectivity index (χ0n) is 13.2. The van der Waals surface area contributed by atoms with Crippen molar-refractivity contribution in [2.75, 3.05) is 0 Å². The molecule has 3 rings (SSSR count). The van der Waals surface area contributed by atoms with Crippen LogP contribution < -0.4 is 5.32 Å². The van der Waals surface area contributed by atoms with Crippen molar-refractivity contribution in [3.8, 4) is 0 Å². The van der Waals surface area contributed by atoms with Gasteiger partial charge in [-0.05, 0) is 48.1 Å². The number of carbonyl (C=O) groups is 2. The number of fused-ring (bicyclic) bond motifs is 1. The van der Waals surface area contributed by atoms with E-state index in [1.54, 1.807) is 12.1 Å². The summed E-state index contributed by atoms with van der Waals surface area (Å²) in [5.41, 5.74) is 3.38. The highest BCUT2D eigenvalue weighted by Crippen LogP contribution is 2.23. The molecule has 0 saturated carbocycles. The Morgan fingerprint density at radius 3 is 2.67 bits per heavy atom. The molecule has 0 fully saturated rings. The molecular weight excluding hydrogens is 306 g/mol. The number of aromatic carboxylic acids is 1. The first kappa shape index (κ1) is 16.1. The van der Waals surface area contributed by atoms with E-state index in [1.807, 2.05) is 36.4 Å². The van der Waals surface area contributed by atoms with Crippen LogP contribution >= 0.6 is 0 Å². The van der Waals surface area contributed by atoms with Gasteiger partial charge in [0.25, 0.3) is 0 Å². The summed E-state index contributed by atoms with van der Waals surface area (Å²) in [5, 5.41) is 11.9. The van der Waals surface area contributed by atoms with Gasteiger partial charge in [-0.25, -0.2) is 9.59 Å². The van der Waals surface area contributed by atoms with Crippen molar-refractivity contribution in [1.29, 1.82) is 0 Å². The van der Waals surface area contributed by atoms with Crippen LogP contribution in [0, 0.1) is 0 Å². The van der Waals surface area contributed by atoms with Gasteiger partial charge >= 0.3 is 12.1 Å². The molecule has 124 valence electrons. The van der Waals surface area contributed by atoms with Gasteiger partial charge in [0.2, 0.25) is 0 Å². The van der Waals surface area contributed by atoms with Crippen LogP contribution in [0.4, 0.5) is 4.79 Å². The number of hydrogen-bond acceptors (Lipinski definition) is 3. The first-order chi connectivity index (χ1) is 11.6. The molecule has 0 radical (unpaired) electrons. The van der Waals surface area contributed by atoms with Crippen molar-refractivity contribution in [1.82, 2.24) is 5.32 Å². The highest BCUT2D eigenvalue weighted by atomic mass is 16.5. The van der Waals surface area contributed by atoms with Gasteiger partial charge < -0.3 is 15.2 Å². The standard InChI is InChI=1S/C19H19NO4/c21-18(22)16-7-6-15-11-17(9-8-14(15)10-16)20-19(23)24-12-13-4-2-1-3-5-13/h1-7,10,17H,8-9,11-12H2,(H,20,23)(H,21,22). The molecule has 1 atom stereocenters. The van der Waals surface area contributed by atoms with Crippen LogP contribution in [-0.2, 0) is 24.2 Å². The molecule has 0 heterocycles. The summed E-state index contributed by atoms with van der Waals surface area (Å²) in [6.45, 7) is 0.248. The molecule has 5 nitrogen and oxygen atoms in total. The van der Waals surface area contributed by atoms with E-state index >= 15 is 0 Å². The molecule has 0 saturated heterocycles. The Kier molecular flexibility index (Phi) is 4.79. The van der Waals surface area contributed by atoms with Gasteiger partial charge in [0.05, 0.1) is 5.56 Å². The second-order valence-electron chi connectivity index (χ2n) is 5.93.